The molecule has 9 heteroatoms. The molecule has 8 nitrogen and oxygen atoms in total. The van der Waals surface area contributed by atoms with Crippen LogP contribution in [0.15, 0.2) is 18.2 Å². The van der Waals surface area contributed by atoms with Crippen molar-refractivity contribution >= 4 is 35.2 Å². The van der Waals surface area contributed by atoms with E-state index >= 15 is 0 Å². The highest BCUT2D eigenvalue weighted by Crippen LogP contribution is 2.26. The zero-order valence-corrected chi connectivity index (χ0v) is 14.8. The minimum atomic E-state index is -0.435. The molecule has 0 aliphatic carbocycles. The monoisotopic (exact) mass is 379 g/mol. The summed E-state index contributed by atoms with van der Waals surface area (Å²) in [5, 5.41) is 3.18. The molecule has 1 aromatic rings. The van der Waals surface area contributed by atoms with Gasteiger partial charge in [0.25, 0.3) is 5.91 Å². The number of nitrogens with one attached hydrogen (secondary N) is 1. The van der Waals surface area contributed by atoms with Gasteiger partial charge in [0.2, 0.25) is 17.7 Å². The van der Waals surface area contributed by atoms with Crippen molar-refractivity contribution in [2.45, 2.75) is 19.4 Å². The molecule has 2 aliphatic rings. The van der Waals surface area contributed by atoms with Gasteiger partial charge in [0, 0.05) is 43.1 Å². The fraction of sp³-hybridized carbons (Fsp3) is 0.412. The van der Waals surface area contributed by atoms with E-state index in [0.29, 0.717) is 17.3 Å². The summed E-state index contributed by atoms with van der Waals surface area (Å²) in [6.45, 7) is 0.443. The maximum Gasteiger partial charge on any atom is 0.260 e. The van der Waals surface area contributed by atoms with Gasteiger partial charge in [-0.3, -0.25) is 24.1 Å². The summed E-state index contributed by atoms with van der Waals surface area (Å²) < 4.78 is 5.47. The van der Waals surface area contributed by atoms with Crippen molar-refractivity contribution < 1.29 is 23.9 Å². The molecule has 138 valence electrons. The third-order valence-electron chi connectivity index (χ3n) is 4.25. The van der Waals surface area contributed by atoms with Crippen LogP contribution in [0.2, 0.25) is 5.02 Å². The number of imide groups is 1. The molecule has 1 saturated heterocycles. The number of rotatable bonds is 5. The predicted molar refractivity (Wildman–Crippen MR) is 91.3 cm³/mol. The second-order valence-electron chi connectivity index (χ2n) is 6.08. The number of fused-ring (bicyclic) bond motifs is 1. The standard InChI is InChI=1S/C17H18ClN3O5/c18-12-1-2-13-11(7-12)8-20(17(25)10-26-13)6-5-19-14(22)9-21-15(23)3-4-16(21)24/h1-2,7H,3-6,8-10H2,(H,19,22). The maximum absolute atomic E-state index is 12.2. The van der Waals surface area contributed by atoms with Crippen LogP contribution < -0.4 is 10.1 Å². The first-order valence-electron chi connectivity index (χ1n) is 8.23. The van der Waals surface area contributed by atoms with Crippen molar-refractivity contribution in [3.05, 3.63) is 28.8 Å². The molecule has 2 aliphatic heterocycles. The van der Waals surface area contributed by atoms with E-state index in [1.54, 1.807) is 23.1 Å². The molecule has 0 aromatic heterocycles. The molecule has 0 saturated carbocycles. The number of benzene rings is 1. The lowest BCUT2D eigenvalue weighted by Crippen LogP contribution is -2.43. The summed E-state index contributed by atoms with van der Waals surface area (Å²) in [5.74, 6) is -0.690. The largest absolute Gasteiger partial charge is 0.483 e. The van der Waals surface area contributed by atoms with Gasteiger partial charge in [-0.2, -0.15) is 0 Å². The van der Waals surface area contributed by atoms with Gasteiger partial charge >= 0.3 is 0 Å². The lowest BCUT2D eigenvalue weighted by molar-refractivity contribution is -0.142. The van der Waals surface area contributed by atoms with E-state index < -0.39 is 5.91 Å². The summed E-state index contributed by atoms with van der Waals surface area (Å²) in [4.78, 5) is 49.6. The Balaban J connectivity index is 1.52. The Hall–Kier alpha value is -2.61. The first-order chi connectivity index (χ1) is 12.4. The SMILES string of the molecule is O=C(CN1C(=O)CCC1=O)NCCN1Cc2cc(Cl)ccc2OCC1=O. The number of ether oxygens (including phenoxy) is 1. The van der Waals surface area contributed by atoms with Crippen LogP contribution in [0.1, 0.15) is 18.4 Å². The van der Waals surface area contributed by atoms with Gasteiger partial charge in [-0.1, -0.05) is 11.6 Å². The molecule has 0 spiro atoms. The smallest absolute Gasteiger partial charge is 0.260 e. The molecule has 0 radical (unpaired) electrons. The molecule has 0 bridgehead atoms. The van der Waals surface area contributed by atoms with Crippen molar-refractivity contribution in [2.75, 3.05) is 26.2 Å². The minimum absolute atomic E-state index is 0.0840. The van der Waals surface area contributed by atoms with Gasteiger partial charge in [0.15, 0.2) is 6.61 Å². The van der Waals surface area contributed by atoms with Crippen molar-refractivity contribution in [3.63, 3.8) is 0 Å². The summed E-state index contributed by atoms with van der Waals surface area (Å²) in [5.41, 5.74) is 0.794. The van der Waals surface area contributed by atoms with Crippen molar-refractivity contribution in [1.82, 2.24) is 15.1 Å². The van der Waals surface area contributed by atoms with Crippen LogP contribution in [-0.4, -0.2) is 59.7 Å². The van der Waals surface area contributed by atoms with Gasteiger partial charge in [0.05, 0.1) is 0 Å². The summed E-state index contributed by atoms with van der Waals surface area (Å²) >= 11 is 5.99. The van der Waals surface area contributed by atoms with Crippen LogP contribution in [0.5, 0.6) is 5.75 Å². The number of nitrogens with zero attached hydrogens (tertiary/aromatic N) is 2. The Bertz CT molecular complexity index is 751. The highest BCUT2D eigenvalue weighted by atomic mass is 35.5. The zero-order valence-electron chi connectivity index (χ0n) is 14.0. The summed E-state index contributed by atoms with van der Waals surface area (Å²) in [6.07, 6.45) is 0.298. The summed E-state index contributed by atoms with van der Waals surface area (Å²) in [6, 6.07) is 5.16. The molecule has 1 N–H and O–H groups in total. The van der Waals surface area contributed by atoms with Gasteiger partial charge < -0.3 is 15.0 Å². The second-order valence-corrected chi connectivity index (χ2v) is 6.52. The molecule has 1 aromatic carbocycles. The Morgan fingerprint density at radius 1 is 1.15 bits per heavy atom. The van der Waals surface area contributed by atoms with E-state index in [1.807, 2.05) is 0 Å². The lowest BCUT2D eigenvalue weighted by atomic mass is 10.2. The third-order valence-corrected chi connectivity index (χ3v) is 4.48. The summed E-state index contributed by atoms with van der Waals surface area (Å²) in [7, 11) is 0. The molecule has 2 heterocycles. The van der Waals surface area contributed by atoms with E-state index in [2.05, 4.69) is 5.32 Å². The molecule has 26 heavy (non-hydrogen) atoms. The Morgan fingerprint density at radius 2 is 1.88 bits per heavy atom. The average molecular weight is 380 g/mol. The fourth-order valence-corrected chi connectivity index (χ4v) is 3.06. The van der Waals surface area contributed by atoms with Crippen LogP contribution in [0.3, 0.4) is 0 Å². The van der Waals surface area contributed by atoms with E-state index in [-0.39, 0.29) is 56.8 Å². The van der Waals surface area contributed by atoms with Crippen LogP contribution in [0.4, 0.5) is 0 Å². The predicted octanol–water partition coefficient (Wildman–Crippen LogP) is 0.326. The van der Waals surface area contributed by atoms with Crippen molar-refractivity contribution in [1.29, 1.82) is 0 Å². The number of carbonyl (C=O) groups excluding carboxylic acids is 4. The number of carbonyl (C=O) groups is 4. The van der Waals surface area contributed by atoms with Crippen LogP contribution in [-0.2, 0) is 25.7 Å². The van der Waals surface area contributed by atoms with Crippen LogP contribution >= 0.6 is 11.6 Å². The maximum atomic E-state index is 12.2. The fourth-order valence-electron chi connectivity index (χ4n) is 2.87. The quantitative estimate of drug-likeness (QED) is 0.743. The number of amides is 4. The van der Waals surface area contributed by atoms with Crippen molar-refractivity contribution in [2.24, 2.45) is 0 Å². The van der Waals surface area contributed by atoms with Crippen LogP contribution in [0, 0.1) is 0 Å². The lowest BCUT2D eigenvalue weighted by Gasteiger charge is -2.20. The van der Waals surface area contributed by atoms with Crippen LogP contribution in [0.25, 0.3) is 0 Å². The minimum Gasteiger partial charge on any atom is -0.483 e. The number of hydrogen-bond acceptors (Lipinski definition) is 5. The molecular formula is C17H18ClN3O5. The molecule has 1 fully saturated rings. The molecular weight excluding hydrogens is 362 g/mol. The first kappa shape index (κ1) is 18.2. The average Bonchev–Trinajstić information content (AvgIpc) is 2.82. The van der Waals surface area contributed by atoms with Gasteiger partial charge in [-0.05, 0) is 18.2 Å². The van der Waals surface area contributed by atoms with Gasteiger partial charge in [-0.25, -0.2) is 0 Å². The molecule has 0 atom stereocenters. The van der Waals surface area contributed by atoms with Crippen molar-refractivity contribution in [3.8, 4) is 5.75 Å². The Labute approximate surface area is 155 Å². The second kappa shape index (κ2) is 7.74. The number of halogens is 1. The van der Waals surface area contributed by atoms with E-state index in [4.69, 9.17) is 16.3 Å². The highest BCUT2D eigenvalue weighted by molar-refractivity contribution is 6.30. The van der Waals surface area contributed by atoms with E-state index in [1.165, 1.54) is 0 Å². The first-order valence-corrected chi connectivity index (χ1v) is 8.61. The molecule has 0 unspecified atom stereocenters. The Morgan fingerprint density at radius 3 is 2.62 bits per heavy atom. The number of hydrogen-bond donors (Lipinski definition) is 1. The molecule has 4 amide bonds. The Kier molecular flexibility index (Phi) is 5.41. The third kappa shape index (κ3) is 4.13. The molecule has 3 rings (SSSR count). The van der Waals surface area contributed by atoms with Gasteiger partial charge in [-0.15, -0.1) is 0 Å². The topological polar surface area (TPSA) is 96.0 Å². The van der Waals surface area contributed by atoms with Gasteiger partial charge in [0.1, 0.15) is 12.3 Å². The zero-order chi connectivity index (χ0) is 18.7. The normalized spacial score (nSPS) is 17.0. The van der Waals surface area contributed by atoms with E-state index in [9.17, 15) is 19.2 Å². The van der Waals surface area contributed by atoms with E-state index in [0.717, 1.165) is 10.5 Å². The number of likely N-dealkylation sites (tertiary alicyclic amines) is 1. The highest BCUT2D eigenvalue weighted by Gasteiger charge is 2.30.